The predicted octanol–water partition coefficient (Wildman–Crippen LogP) is 4.05. The van der Waals surface area contributed by atoms with E-state index in [0.29, 0.717) is 36.1 Å². The van der Waals surface area contributed by atoms with Crippen molar-refractivity contribution in [2.24, 2.45) is 11.8 Å². The van der Waals surface area contributed by atoms with Gasteiger partial charge in [-0.25, -0.2) is 12.8 Å². The predicted molar refractivity (Wildman–Crippen MR) is 107 cm³/mol. The van der Waals surface area contributed by atoms with Gasteiger partial charge in [-0.1, -0.05) is 26.0 Å². The van der Waals surface area contributed by atoms with E-state index in [1.807, 2.05) is 0 Å². The highest BCUT2D eigenvalue weighted by Crippen LogP contribution is 2.27. The number of carbonyl (C=O) groups excluding carboxylic acids is 1. The van der Waals surface area contributed by atoms with Gasteiger partial charge in [-0.15, -0.1) is 0 Å². The molecule has 0 bridgehead atoms. The first kappa shape index (κ1) is 20.3. The molecule has 7 heteroatoms. The van der Waals surface area contributed by atoms with Crippen molar-refractivity contribution in [2.45, 2.75) is 32.1 Å². The van der Waals surface area contributed by atoms with Gasteiger partial charge in [-0.3, -0.25) is 9.52 Å². The number of para-hydroxylation sites is 1. The van der Waals surface area contributed by atoms with Gasteiger partial charge in [0.2, 0.25) is 0 Å². The lowest BCUT2D eigenvalue weighted by Crippen LogP contribution is -2.42. The summed E-state index contributed by atoms with van der Waals surface area (Å²) < 4.78 is 41.5. The Morgan fingerprint density at radius 2 is 1.75 bits per heavy atom. The van der Waals surface area contributed by atoms with Crippen molar-refractivity contribution in [1.29, 1.82) is 0 Å². The van der Waals surface area contributed by atoms with Crippen molar-refractivity contribution < 1.29 is 17.6 Å². The minimum atomic E-state index is -3.96. The van der Waals surface area contributed by atoms with Crippen LogP contribution in [0.5, 0.6) is 0 Å². The molecule has 150 valence electrons. The summed E-state index contributed by atoms with van der Waals surface area (Å²) in [5.74, 6) is 0.115. The number of sulfonamides is 1. The largest absolute Gasteiger partial charge is 0.338 e. The van der Waals surface area contributed by atoms with E-state index in [2.05, 4.69) is 18.6 Å². The summed E-state index contributed by atoms with van der Waals surface area (Å²) in [4.78, 5) is 14.9. The van der Waals surface area contributed by atoms with Crippen molar-refractivity contribution in [2.75, 3.05) is 17.8 Å². The molecule has 1 saturated heterocycles. The number of nitrogens with one attached hydrogen (secondary N) is 1. The lowest BCUT2D eigenvalue weighted by atomic mass is 9.91. The monoisotopic (exact) mass is 404 g/mol. The van der Waals surface area contributed by atoms with Crippen LogP contribution in [0.2, 0.25) is 0 Å². The van der Waals surface area contributed by atoms with Crippen molar-refractivity contribution >= 4 is 21.6 Å². The maximum atomic E-state index is 13.3. The van der Waals surface area contributed by atoms with Gasteiger partial charge in [0.15, 0.2) is 0 Å². The van der Waals surface area contributed by atoms with Gasteiger partial charge in [0.1, 0.15) is 5.82 Å². The molecule has 28 heavy (non-hydrogen) atoms. The number of hydrogen-bond donors (Lipinski definition) is 1. The smallest absolute Gasteiger partial charge is 0.262 e. The Morgan fingerprint density at radius 3 is 2.39 bits per heavy atom. The number of amides is 1. The van der Waals surface area contributed by atoms with Crippen LogP contribution in [0.15, 0.2) is 47.4 Å². The zero-order chi connectivity index (χ0) is 20.5. The molecule has 1 N–H and O–H groups in total. The van der Waals surface area contributed by atoms with Gasteiger partial charge in [0.05, 0.1) is 16.1 Å². The summed E-state index contributed by atoms with van der Waals surface area (Å²) in [6, 6.07) is 10.1. The topological polar surface area (TPSA) is 66.5 Å². The van der Waals surface area contributed by atoms with Crippen molar-refractivity contribution in [3.05, 3.63) is 59.4 Å². The summed E-state index contributed by atoms with van der Waals surface area (Å²) in [5, 5.41) is 0. The molecular formula is C21H25FN2O3S. The van der Waals surface area contributed by atoms with Gasteiger partial charge in [0, 0.05) is 13.1 Å². The number of aryl methyl sites for hydroxylation is 1. The highest BCUT2D eigenvalue weighted by Gasteiger charge is 2.28. The zero-order valence-corrected chi connectivity index (χ0v) is 17.1. The number of likely N-dealkylation sites (tertiary alicyclic amines) is 1. The molecule has 2 aromatic rings. The molecule has 2 aromatic carbocycles. The third-order valence-electron chi connectivity index (χ3n) is 4.98. The van der Waals surface area contributed by atoms with Crippen molar-refractivity contribution in [3.63, 3.8) is 0 Å². The SMILES string of the molecule is Cc1cc(F)ccc1S(=O)(=O)Nc1ccccc1C(=O)N1CC(C)CC(C)C1. The molecule has 3 rings (SSSR count). The second-order valence-electron chi connectivity index (χ2n) is 7.72. The first-order chi connectivity index (χ1) is 13.2. The normalized spacial score (nSPS) is 20.1. The Labute approximate surface area is 165 Å². The summed E-state index contributed by atoms with van der Waals surface area (Å²) in [6.45, 7) is 7.07. The van der Waals surface area contributed by atoms with Gasteiger partial charge in [-0.05, 0) is 61.1 Å². The Morgan fingerprint density at radius 1 is 1.11 bits per heavy atom. The number of carbonyl (C=O) groups is 1. The lowest BCUT2D eigenvalue weighted by molar-refractivity contribution is 0.0624. The Hall–Kier alpha value is -2.41. The van der Waals surface area contributed by atoms with E-state index in [1.165, 1.54) is 19.1 Å². The molecule has 0 saturated carbocycles. The van der Waals surface area contributed by atoms with Crippen LogP contribution in [0.3, 0.4) is 0 Å². The highest BCUT2D eigenvalue weighted by atomic mass is 32.2. The van der Waals surface area contributed by atoms with Crippen molar-refractivity contribution in [1.82, 2.24) is 4.90 Å². The minimum absolute atomic E-state index is 0.0173. The minimum Gasteiger partial charge on any atom is -0.338 e. The van der Waals surface area contributed by atoms with E-state index in [4.69, 9.17) is 0 Å². The van der Waals surface area contributed by atoms with Crippen LogP contribution >= 0.6 is 0 Å². The van der Waals surface area contributed by atoms with Crippen LogP contribution in [-0.4, -0.2) is 32.3 Å². The zero-order valence-electron chi connectivity index (χ0n) is 16.3. The maximum absolute atomic E-state index is 13.3. The quantitative estimate of drug-likeness (QED) is 0.836. The molecule has 0 aliphatic carbocycles. The molecule has 1 fully saturated rings. The number of halogens is 1. The molecule has 0 aromatic heterocycles. The Kier molecular flexibility index (Phi) is 5.74. The number of piperidine rings is 1. The molecule has 2 unspecified atom stereocenters. The maximum Gasteiger partial charge on any atom is 0.262 e. The fourth-order valence-electron chi connectivity index (χ4n) is 3.87. The van der Waals surface area contributed by atoms with Crippen LogP contribution in [-0.2, 0) is 10.0 Å². The Bertz CT molecular complexity index is 981. The van der Waals surface area contributed by atoms with E-state index in [9.17, 15) is 17.6 Å². The van der Waals surface area contributed by atoms with E-state index in [-0.39, 0.29) is 16.5 Å². The van der Waals surface area contributed by atoms with Gasteiger partial charge < -0.3 is 4.90 Å². The number of hydrogen-bond acceptors (Lipinski definition) is 3. The van der Waals surface area contributed by atoms with E-state index >= 15 is 0 Å². The van der Waals surface area contributed by atoms with Crippen LogP contribution in [0.25, 0.3) is 0 Å². The second kappa shape index (κ2) is 7.91. The number of nitrogens with zero attached hydrogens (tertiary/aromatic N) is 1. The summed E-state index contributed by atoms with van der Waals surface area (Å²) in [6.07, 6.45) is 1.07. The fraction of sp³-hybridized carbons (Fsp3) is 0.381. The molecule has 0 spiro atoms. The molecule has 5 nitrogen and oxygen atoms in total. The first-order valence-electron chi connectivity index (χ1n) is 9.34. The molecule has 1 heterocycles. The van der Waals surface area contributed by atoms with Crippen LogP contribution in [0, 0.1) is 24.6 Å². The standard InChI is InChI=1S/C21H25FN2O3S/c1-14-10-15(2)13-24(12-14)21(25)18-6-4-5-7-19(18)23-28(26,27)20-9-8-17(22)11-16(20)3/h4-9,11,14-15,23H,10,12-13H2,1-3H3. The molecule has 0 radical (unpaired) electrons. The number of rotatable bonds is 4. The van der Waals surface area contributed by atoms with Crippen molar-refractivity contribution in [3.8, 4) is 0 Å². The molecule has 1 aliphatic rings. The number of benzene rings is 2. The van der Waals surface area contributed by atoms with Crippen LogP contribution in [0.4, 0.5) is 10.1 Å². The van der Waals surface area contributed by atoms with Crippen LogP contribution < -0.4 is 4.72 Å². The van der Waals surface area contributed by atoms with E-state index in [0.717, 1.165) is 12.5 Å². The summed E-state index contributed by atoms with van der Waals surface area (Å²) in [5.41, 5.74) is 0.837. The molecule has 1 amide bonds. The van der Waals surface area contributed by atoms with E-state index in [1.54, 1.807) is 29.2 Å². The second-order valence-corrected chi connectivity index (χ2v) is 9.37. The van der Waals surface area contributed by atoms with Gasteiger partial charge >= 0.3 is 0 Å². The molecular weight excluding hydrogens is 379 g/mol. The average Bonchev–Trinajstić information content (AvgIpc) is 2.60. The van der Waals surface area contributed by atoms with Crippen LogP contribution in [0.1, 0.15) is 36.2 Å². The highest BCUT2D eigenvalue weighted by molar-refractivity contribution is 7.92. The molecule has 1 aliphatic heterocycles. The van der Waals surface area contributed by atoms with Gasteiger partial charge in [0.25, 0.3) is 15.9 Å². The number of anilines is 1. The Balaban J connectivity index is 1.91. The first-order valence-corrected chi connectivity index (χ1v) is 10.8. The summed E-state index contributed by atoms with van der Waals surface area (Å²) >= 11 is 0. The third kappa shape index (κ3) is 4.35. The summed E-state index contributed by atoms with van der Waals surface area (Å²) in [7, 11) is -3.96. The third-order valence-corrected chi connectivity index (χ3v) is 6.51. The van der Waals surface area contributed by atoms with Gasteiger partial charge in [-0.2, -0.15) is 0 Å². The fourth-order valence-corrected chi connectivity index (χ4v) is 5.18. The molecule has 2 atom stereocenters. The lowest BCUT2D eigenvalue weighted by Gasteiger charge is -2.35. The average molecular weight is 405 g/mol. The van der Waals surface area contributed by atoms with E-state index < -0.39 is 15.8 Å².